The Bertz CT molecular complexity index is 1990. The number of para-hydroxylation sites is 2. The van der Waals surface area contributed by atoms with Crippen LogP contribution >= 0.6 is 0 Å². The van der Waals surface area contributed by atoms with Gasteiger partial charge in [0.15, 0.2) is 17.1 Å². The monoisotopic (exact) mass is 822 g/mol. The number of aromatic nitrogens is 2. The van der Waals surface area contributed by atoms with Gasteiger partial charge in [-0.25, -0.2) is 4.98 Å². The van der Waals surface area contributed by atoms with Crippen molar-refractivity contribution in [3.05, 3.63) is 96.4 Å². The predicted molar refractivity (Wildman–Crippen MR) is 191 cm³/mol. The first-order valence-electron chi connectivity index (χ1n) is 16.7. The van der Waals surface area contributed by atoms with Crippen LogP contribution in [0.1, 0.15) is 79.7 Å². The average molecular weight is 822 g/mol. The molecule has 1 radical (unpaired) electrons. The van der Waals surface area contributed by atoms with Crippen molar-refractivity contribution in [2.75, 3.05) is 0 Å². The van der Waals surface area contributed by atoms with Crippen LogP contribution in [0, 0.1) is 17.9 Å². The van der Waals surface area contributed by atoms with E-state index in [0.717, 1.165) is 58.8 Å². The summed E-state index contributed by atoms with van der Waals surface area (Å²) < 4.78 is 12.2. The molecule has 253 valence electrons. The fourth-order valence-electron chi connectivity index (χ4n) is 6.00. The number of hydrogen-bond acceptors (Lipinski definition) is 6. The molecule has 0 saturated heterocycles. The predicted octanol–water partition coefficient (Wildman–Crippen LogP) is 11.4. The summed E-state index contributed by atoms with van der Waals surface area (Å²) in [5.41, 5.74) is 5.16. The Morgan fingerprint density at radius 3 is 2.23 bits per heavy atom. The van der Waals surface area contributed by atoms with E-state index in [0.29, 0.717) is 17.2 Å². The van der Waals surface area contributed by atoms with Gasteiger partial charge >= 0.3 is 0 Å². The molecule has 3 heterocycles. The normalized spacial score (nSPS) is 12.1. The first-order chi connectivity index (χ1) is 22.6. The Labute approximate surface area is 297 Å². The molecule has 1 N–H and O–H groups in total. The molecule has 0 aliphatic carbocycles. The molecule has 3 aromatic carbocycles. The minimum absolute atomic E-state index is 0. The Hall–Kier alpha value is -4.06. The number of hydrogen-bond donors (Lipinski definition) is 1. The van der Waals surface area contributed by atoms with Gasteiger partial charge < -0.3 is 13.9 Å². The second kappa shape index (κ2) is 15.9. The number of nitrogens with zero attached hydrogens (tertiary/aromatic N) is 2. The third kappa shape index (κ3) is 7.97. The second-order valence-corrected chi connectivity index (χ2v) is 13.1. The van der Waals surface area contributed by atoms with Crippen molar-refractivity contribution in [2.45, 2.75) is 79.6 Å². The Morgan fingerprint density at radius 1 is 0.896 bits per heavy atom. The quantitative estimate of drug-likeness (QED) is 0.0887. The average Bonchev–Trinajstić information content (AvgIpc) is 3.70. The Morgan fingerprint density at radius 2 is 1.56 bits per heavy atom. The number of carbonyl (C=O) groups is 1. The zero-order valence-electron chi connectivity index (χ0n) is 28.9. The molecule has 0 amide bonds. The smallest absolute Gasteiger partial charge is 0.263 e. The fourth-order valence-corrected chi connectivity index (χ4v) is 6.00. The van der Waals surface area contributed by atoms with Crippen LogP contribution in [0.15, 0.2) is 93.6 Å². The van der Waals surface area contributed by atoms with E-state index in [1.165, 1.54) is 17.0 Å². The van der Waals surface area contributed by atoms with Crippen LogP contribution in [-0.4, -0.2) is 20.9 Å². The zero-order valence-corrected chi connectivity index (χ0v) is 31.3. The maximum Gasteiger partial charge on any atom is 0.263 e. The minimum atomic E-state index is -0.0239. The molecular formula is C41H45IrN2O4-. The van der Waals surface area contributed by atoms with E-state index in [2.05, 4.69) is 61.1 Å². The molecule has 6 nitrogen and oxygen atoms in total. The summed E-state index contributed by atoms with van der Waals surface area (Å²) in [6.45, 7) is 14.8. The first kappa shape index (κ1) is 36.8. The van der Waals surface area contributed by atoms with Gasteiger partial charge in [0.1, 0.15) is 11.1 Å². The third-order valence-electron chi connectivity index (χ3n) is 8.86. The molecule has 7 heteroatoms. The van der Waals surface area contributed by atoms with Crippen molar-refractivity contribution in [1.82, 2.24) is 9.97 Å². The number of oxazole rings is 1. The van der Waals surface area contributed by atoms with E-state index in [-0.39, 0.29) is 48.9 Å². The van der Waals surface area contributed by atoms with Crippen LogP contribution < -0.4 is 0 Å². The van der Waals surface area contributed by atoms with Gasteiger partial charge in [0.25, 0.3) is 5.89 Å². The van der Waals surface area contributed by atoms with Gasteiger partial charge in [0.2, 0.25) is 0 Å². The van der Waals surface area contributed by atoms with Crippen molar-refractivity contribution in [3.63, 3.8) is 0 Å². The van der Waals surface area contributed by atoms with Crippen LogP contribution in [0.25, 0.3) is 55.7 Å². The van der Waals surface area contributed by atoms with Gasteiger partial charge in [0.05, 0.1) is 5.76 Å². The molecule has 6 rings (SSSR count). The molecular weight excluding hydrogens is 777 g/mol. The van der Waals surface area contributed by atoms with Crippen LogP contribution in [0.2, 0.25) is 0 Å². The molecule has 0 saturated carbocycles. The molecule has 0 spiro atoms. The SMILES string of the molecule is CC(C)(C)c1cc(-c2nccc3cc(-c4nc5ccccc5o4)oc23)[c-]c2ccccc12.CCC(CC)C(=O)/C=C(\O)C(CC)CC.[Ir]. The Balaban J connectivity index is 0.000000279. The van der Waals surface area contributed by atoms with E-state index in [1.807, 2.05) is 76.4 Å². The van der Waals surface area contributed by atoms with Gasteiger partial charge in [-0.2, -0.15) is 0 Å². The number of fused-ring (bicyclic) bond motifs is 3. The number of allylic oxidation sites excluding steroid dienone is 2. The number of aliphatic hydroxyl groups excluding tert-OH is 1. The van der Waals surface area contributed by atoms with Gasteiger partial charge in [-0.05, 0) is 55.4 Å². The van der Waals surface area contributed by atoms with Crippen LogP contribution in [-0.2, 0) is 30.3 Å². The van der Waals surface area contributed by atoms with Crippen molar-refractivity contribution in [1.29, 1.82) is 0 Å². The van der Waals surface area contributed by atoms with Crippen molar-refractivity contribution >= 4 is 38.6 Å². The van der Waals surface area contributed by atoms with E-state index >= 15 is 0 Å². The van der Waals surface area contributed by atoms with Gasteiger partial charge in [0, 0.05) is 55.3 Å². The largest absolute Gasteiger partial charge is 0.512 e. The summed E-state index contributed by atoms with van der Waals surface area (Å²) in [5.74, 6) is 1.60. The van der Waals surface area contributed by atoms with Gasteiger partial charge in [-0.1, -0.05) is 89.7 Å². The standard InChI is InChI=1S/C28H21N2O2.C13H24O2.Ir/c1-28(2,3)21-15-19(14-17-8-4-5-9-20(17)21)25-26-18(12-13-29-25)16-24(31-26)27-30-22-10-6-7-11-23(22)32-27;1-5-10(6-2)12(14)9-13(15)11(7-3)8-4;/h4-13,15-16H,1-3H3;9-11,14H,5-8H2,1-4H3;/q-1;;/b;12-9-;. The Kier molecular flexibility index (Phi) is 12.2. The molecule has 0 atom stereocenters. The fraction of sp³-hybridized carbons (Fsp3) is 0.341. The summed E-state index contributed by atoms with van der Waals surface area (Å²) in [5, 5.41) is 13.0. The van der Waals surface area contributed by atoms with Gasteiger partial charge in [-0.15, -0.1) is 29.1 Å². The van der Waals surface area contributed by atoms with Crippen LogP contribution in [0.4, 0.5) is 0 Å². The number of furan rings is 1. The number of ketones is 1. The number of pyridine rings is 1. The summed E-state index contributed by atoms with van der Waals surface area (Å²) in [6.07, 6.45) is 6.71. The molecule has 0 aliphatic rings. The van der Waals surface area contributed by atoms with E-state index in [4.69, 9.17) is 8.83 Å². The first-order valence-corrected chi connectivity index (χ1v) is 16.7. The minimum Gasteiger partial charge on any atom is -0.512 e. The summed E-state index contributed by atoms with van der Waals surface area (Å²) in [4.78, 5) is 21.0. The third-order valence-corrected chi connectivity index (χ3v) is 8.86. The molecule has 0 unspecified atom stereocenters. The molecule has 0 fully saturated rings. The van der Waals surface area contributed by atoms with Crippen molar-refractivity contribution < 1.29 is 38.8 Å². The maximum absolute atomic E-state index is 11.7. The van der Waals surface area contributed by atoms with Crippen LogP contribution in [0.5, 0.6) is 0 Å². The van der Waals surface area contributed by atoms with Gasteiger partial charge in [-0.3, -0.25) is 9.78 Å². The molecule has 0 bridgehead atoms. The maximum atomic E-state index is 11.7. The summed E-state index contributed by atoms with van der Waals surface area (Å²) >= 11 is 0. The summed E-state index contributed by atoms with van der Waals surface area (Å²) in [6, 6.07) is 25.7. The second-order valence-electron chi connectivity index (χ2n) is 13.1. The van der Waals surface area contributed by atoms with Crippen molar-refractivity contribution in [3.8, 4) is 22.9 Å². The molecule has 3 aromatic heterocycles. The van der Waals surface area contributed by atoms with E-state index < -0.39 is 0 Å². The van der Waals surface area contributed by atoms with E-state index in [1.54, 1.807) is 0 Å². The molecule has 48 heavy (non-hydrogen) atoms. The molecule has 0 aliphatic heterocycles. The van der Waals surface area contributed by atoms with Crippen LogP contribution in [0.3, 0.4) is 0 Å². The zero-order chi connectivity index (χ0) is 33.7. The number of rotatable bonds is 9. The number of carbonyl (C=O) groups excluding carboxylic acids is 1. The molecule has 6 aromatic rings. The number of benzene rings is 3. The van der Waals surface area contributed by atoms with E-state index in [9.17, 15) is 9.90 Å². The topological polar surface area (TPSA) is 89.4 Å². The summed E-state index contributed by atoms with van der Waals surface area (Å²) in [7, 11) is 0. The van der Waals surface area contributed by atoms with Crippen molar-refractivity contribution in [2.24, 2.45) is 11.8 Å². The number of aliphatic hydroxyl groups is 1.